The van der Waals surface area contributed by atoms with Crippen LogP contribution in [-0.4, -0.2) is 24.6 Å². The zero-order valence-corrected chi connectivity index (χ0v) is 13.7. The minimum atomic E-state index is -0.678. The van der Waals surface area contributed by atoms with E-state index in [0.717, 1.165) is 11.6 Å². The summed E-state index contributed by atoms with van der Waals surface area (Å²) in [5, 5.41) is 10.6. The van der Waals surface area contributed by atoms with Crippen LogP contribution < -0.4 is 14.2 Å². The van der Waals surface area contributed by atoms with Gasteiger partial charge in [-0.1, -0.05) is 17.7 Å². The average Bonchev–Trinajstić information content (AvgIpc) is 2.53. The normalized spacial score (nSPS) is 10.1. The maximum absolute atomic E-state index is 11.8. The van der Waals surface area contributed by atoms with Crippen LogP contribution in [0.4, 0.5) is 5.69 Å². The molecule has 0 atom stereocenters. The molecule has 0 aromatic heterocycles. The van der Waals surface area contributed by atoms with Crippen molar-refractivity contribution in [1.29, 1.82) is 0 Å². The first-order valence-electron chi connectivity index (χ1n) is 6.82. The van der Waals surface area contributed by atoms with E-state index in [1.165, 1.54) is 19.2 Å². The Morgan fingerprint density at radius 3 is 2.58 bits per heavy atom. The molecule has 0 spiro atoms. The molecule has 0 saturated carbocycles. The van der Waals surface area contributed by atoms with E-state index in [-0.39, 0.29) is 23.1 Å². The van der Waals surface area contributed by atoms with E-state index in [1.807, 2.05) is 13.0 Å². The van der Waals surface area contributed by atoms with Gasteiger partial charge in [-0.25, -0.2) is 4.79 Å². The number of methoxy groups -OCH3 is 1. The number of aryl methyl sites for hydroxylation is 1. The van der Waals surface area contributed by atoms with Gasteiger partial charge in [0.15, 0.2) is 18.1 Å². The number of esters is 1. The third-order valence-electron chi connectivity index (χ3n) is 3.01. The Morgan fingerprint density at radius 1 is 1.21 bits per heavy atom. The van der Waals surface area contributed by atoms with E-state index < -0.39 is 10.9 Å². The quantitative estimate of drug-likeness (QED) is 0.342. The molecule has 0 radical (unpaired) electrons. The Hall–Kier alpha value is -2.80. The number of nitro benzene ring substituents is 1. The lowest BCUT2D eigenvalue weighted by molar-refractivity contribution is -0.384. The lowest BCUT2D eigenvalue weighted by atomic mass is 10.2. The molecule has 0 aliphatic rings. The lowest BCUT2D eigenvalue weighted by Gasteiger charge is -2.11. The summed E-state index contributed by atoms with van der Waals surface area (Å²) in [6.07, 6.45) is 0. The van der Waals surface area contributed by atoms with Crippen molar-refractivity contribution >= 4 is 23.3 Å². The summed E-state index contributed by atoms with van der Waals surface area (Å²) in [6.45, 7) is 1.55. The minimum absolute atomic E-state index is 0.0927. The molecule has 126 valence electrons. The number of nitrogens with zero attached hydrogens (tertiary/aromatic N) is 1. The Balaban J connectivity index is 1.99. The van der Waals surface area contributed by atoms with Crippen molar-refractivity contribution in [1.82, 2.24) is 0 Å². The van der Waals surface area contributed by atoms with Gasteiger partial charge < -0.3 is 14.2 Å². The molecule has 2 rings (SSSR count). The second-order valence-electron chi connectivity index (χ2n) is 4.79. The fourth-order valence-electron chi connectivity index (χ4n) is 1.89. The Labute approximate surface area is 142 Å². The van der Waals surface area contributed by atoms with Crippen molar-refractivity contribution in [2.75, 3.05) is 13.7 Å². The Bertz CT molecular complexity index is 777. The molecule has 8 heteroatoms. The summed E-state index contributed by atoms with van der Waals surface area (Å²) in [6, 6.07) is 8.92. The molecule has 0 saturated heterocycles. The van der Waals surface area contributed by atoms with Crippen LogP contribution >= 0.6 is 11.6 Å². The van der Waals surface area contributed by atoms with E-state index in [0.29, 0.717) is 11.5 Å². The summed E-state index contributed by atoms with van der Waals surface area (Å²) in [5.41, 5.74) is 0.722. The molecule has 0 amide bonds. The molecule has 0 heterocycles. The van der Waals surface area contributed by atoms with Crippen LogP contribution in [0.3, 0.4) is 0 Å². The van der Waals surface area contributed by atoms with E-state index in [4.69, 9.17) is 25.8 Å². The number of hydrogen-bond acceptors (Lipinski definition) is 6. The van der Waals surface area contributed by atoms with Gasteiger partial charge in [0.1, 0.15) is 10.8 Å². The molecular weight excluding hydrogens is 338 g/mol. The molecule has 0 aliphatic heterocycles. The number of nitro groups is 1. The molecule has 2 aromatic rings. The van der Waals surface area contributed by atoms with Gasteiger partial charge in [-0.05, 0) is 30.7 Å². The van der Waals surface area contributed by atoms with E-state index in [1.54, 1.807) is 12.1 Å². The van der Waals surface area contributed by atoms with Crippen LogP contribution in [0, 0.1) is 17.0 Å². The first-order valence-corrected chi connectivity index (χ1v) is 7.20. The van der Waals surface area contributed by atoms with E-state index in [2.05, 4.69) is 0 Å². The maximum atomic E-state index is 11.8. The van der Waals surface area contributed by atoms with Gasteiger partial charge in [-0.3, -0.25) is 10.1 Å². The summed E-state index contributed by atoms with van der Waals surface area (Å²) in [7, 11) is 1.50. The predicted octanol–water partition coefficient (Wildman–Crippen LogP) is 3.55. The zero-order valence-electron chi connectivity index (χ0n) is 12.9. The first kappa shape index (κ1) is 17.6. The Morgan fingerprint density at radius 2 is 1.96 bits per heavy atom. The van der Waals surface area contributed by atoms with Gasteiger partial charge in [0.2, 0.25) is 0 Å². The minimum Gasteiger partial charge on any atom is -0.493 e. The summed E-state index contributed by atoms with van der Waals surface area (Å²) >= 11 is 5.75. The number of benzene rings is 2. The Kier molecular flexibility index (Phi) is 5.59. The van der Waals surface area contributed by atoms with Crippen LogP contribution in [0.1, 0.15) is 5.56 Å². The third kappa shape index (κ3) is 4.36. The highest BCUT2D eigenvalue weighted by molar-refractivity contribution is 6.32. The van der Waals surface area contributed by atoms with Crippen molar-refractivity contribution in [2.24, 2.45) is 0 Å². The standard InChI is InChI=1S/C16H14ClNO6/c1-10-3-6-14(15(7-10)22-2)23-9-16(19)24-11-4-5-13(18(20)21)12(17)8-11/h3-8H,9H2,1-2H3. The largest absolute Gasteiger partial charge is 0.493 e. The van der Waals surface area contributed by atoms with Gasteiger partial charge in [-0.2, -0.15) is 0 Å². The molecule has 0 unspecified atom stereocenters. The maximum Gasteiger partial charge on any atom is 0.349 e. The van der Waals surface area contributed by atoms with E-state index >= 15 is 0 Å². The fourth-order valence-corrected chi connectivity index (χ4v) is 2.13. The van der Waals surface area contributed by atoms with E-state index in [9.17, 15) is 14.9 Å². The second kappa shape index (κ2) is 7.65. The number of carbonyl (C=O) groups is 1. The van der Waals surface area contributed by atoms with Gasteiger partial charge in [-0.15, -0.1) is 0 Å². The molecule has 0 N–H and O–H groups in total. The van der Waals surface area contributed by atoms with Gasteiger partial charge in [0, 0.05) is 12.1 Å². The van der Waals surface area contributed by atoms with Crippen molar-refractivity contribution in [3.8, 4) is 17.2 Å². The van der Waals surface area contributed by atoms with Crippen LogP contribution in [0.15, 0.2) is 36.4 Å². The van der Waals surface area contributed by atoms with Gasteiger partial charge >= 0.3 is 5.97 Å². The molecule has 0 aliphatic carbocycles. The number of rotatable bonds is 6. The van der Waals surface area contributed by atoms with Gasteiger partial charge in [0.05, 0.1) is 12.0 Å². The van der Waals surface area contributed by atoms with Crippen molar-refractivity contribution < 1.29 is 23.9 Å². The van der Waals surface area contributed by atoms with Crippen LogP contribution in [-0.2, 0) is 4.79 Å². The number of halogens is 1. The molecule has 7 nitrogen and oxygen atoms in total. The van der Waals surface area contributed by atoms with Crippen LogP contribution in [0.25, 0.3) is 0 Å². The number of ether oxygens (including phenoxy) is 3. The monoisotopic (exact) mass is 351 g/mol. The summed E-state index contributed by atoms with van der Waals surface area (Å²) in [5.74, 6) is 0.320. The number of carbonyl (C=O) groups excluding carboxylic acids is 1. The second-order valence-corrected chi connectivity index (χ2v) is 5.19. The third-order valence-corrected chi connectivity index (χ3v) is 3.31. The fraction of sp³-hybridized carbons (Fsp3) is 0.188. The SMILES string of the molecule is COc1cc(C)ccc1OCC(=O)Oc1ccc([N+](=O)[O-])c(Cl)c1. The van der Waals surface area contributed by atoms with Crippen LogP contribution in [0.5, 0.6) is 17.2 Å². The van der Waals surface area contributed by atoms with Gasteiger partial charge in [0.25, 0.3) is 5.69 Å². The lowest BCUT2D eigenvalue weighted by Crippen LogP contribution is -2.18. The average molecular weight is 352 g/mol. The highest BCUT2D eigenvalue weighted by Crippen LogP contribution is 2.29. The molecule has 0 fully saturated rings. The first-order chi connectivity index (χ1) is 11.4. The molecule has 2 aromatic carbocycles. The van der Waals surface area contributed by atoms with Crippen molar-refractivity contribution in [3.63, 3.8) is 0 Å². The highest BCUT2D eigenvalue weighted by atomic mass is 35.5. The predicted molar refractivity (Wildman–Crippen MR) is 87.0 cm³/mol. The highest BCUT2D eigenvalue weighted by Gasteiger charge is 2.15. The summed E-state index contributed by atoms with van der Waals surface area (Å²) in [4.78, 5) is 21.9. The zero-order chi connectivity index (χ0) is 17.7. The van der Waals surface area contributed by atoms with Crippen LogP contribution in [0.2, 0.25) is 5.02 Å². The summed E-state index contributed by atoms with van der Waals surface area (Å²) < 4.78 is 15.6. The smallest absolute Gasteiger partial charge is 0.349 e. The molecular formula is C16H14ClNO6. The molecule has 24 heavy (non-hydrogen) atoms. The molecule has 0 bridgehead atoms. The van der Waals surface area contributed by atoms with Crippen molar-refractivity contribution in [3.05, 3.63) is 57.1 Å². The number of hydrogen-bond donors (Lipinski definition) is 0. The topological polar surface area (TPSA) is 87.9 Å². The van der Waals surface area contributed by atoms with Crippen molar-refractivity contribution in [2.45, 2.75) is 6.92 Å².